The van der Waals surface area contributed by atoms with Gasteiger partial charge in [0.2, 0.25) is 11.1 Å². The van der Waals surface area contributed by atoms with Crippen LogP contribution in [0.5, 0.6) is 0 Å². The molecule has 0 spiro atoms. The molecule has 9 heteroatoms. The molecule has 1 N–H and O–H groups in total. The number of halogens is 1. The SMILES string of the molecule is O=C(CCSc1nnnn1Cc1cccs1)Nc1cccc(Cl)c1. The first-order chi connectivity index (χ1) is 11.7. The van der Waals surface area contributed by atoms with Crippen molar-refractivity contribution in [1.82, 2.24) is 20.2 Å². The molecular formula is C15H14ClN5OS2. The van der Waals surface area contributed by atoms with Crippen molar-refractivity contribution in [2.45, 2.75) is 18.1 Å². The van der Waals surface area contributed by atoms with Crippen molar-refractivity contribution >= 4 is 46.3 Å². The number of thioether (sulfide) groups is 1. The van der Waals surface area contributed by atoms with Gasteiger partial charge in [-0.2, -0.15) is 0 Å². The van der Waals surface area contributed by atoms with E-state index in [9.17, 15) is 4.79 Å². The minimum atomic E-state index is -0.0675. The minimum absolute atomic E-state index is 0.0675. The number of aromatic nitrogens is 4. The smallest absolute Gasteiger partial charge is 0.225 e. The highest BCUT2D eigenvalue weighted by Crippen LogP contribution is 2.19. The molecule has 1 aromatic carbocycles. The van der Waals surface area contributed by atoms with E-state index in [2.05, 4.69) is 20.8 Å². The third kappa shape index (κ3) is 4.80. The van der Waals surface area contributed by atoms with Crippen molar-refractivity contribution in [3.05, 3.63) is 51.7 Å². The molecule has 3 aromatic rings. The van der Waals surface area contributed by atoms with Crippen LogP contribution in [-0.2, 0) is 11.3 Å². The monoisotopic (exact) mass is 379 g/mol. The lowest BCUT2D eigenvalue weighted by atomic mass is 10.3. The average Bonchev–Trinajstić information content (AvgIpc) is 3.20. The number of carbonyl (C=O) groups is 1. The summed E-state index contributed by atoms with van der Waals surface area (Å²) in [4.78, 5) is 13.2. The van der Waals surface area contributed by atoms with Crippen molar-refractivity contribution in [1.29, 1.82) is 0 Å². The highest BCUT2D eigenvalue weighted by molar-refractivity contribution is 7.99. The van der Waals surface area contributed by atoms with Gasteiger partial charge in [-0.15, -0.1) is 16.4 Å². The molecule has 6 nitrogen and oxygen atoms in total. The number of hydrogen-bond donors (Lipinski definition) is 1. The van der Waals surface area contributed by atoms with Crippen LogP contribution in [0.1, 0.15) is 11.3 Å². The summed E-state index contributed by atoms with van der Waals surface area (Å²) in [6, 6.07) is 11.1. The number of tetrazole rings is 1. The molecule has 2 heterocycles. The number of nitrogens with one attached hydrogen (secondary N) is 1. The number of rotatable bonds is 7. The number of anilines is 1. The van der Waals surface area contributed by atoms with Crippen LogP contribution < -0.4 is 5.32 Å². The highest BCUT2D eigenvalue weighted by Gasteiger charge is 2.10. The van der Waals surface area contributed by atoms with Gasteiger partial charge in [0.25, 0.3) is 0 Å². The molecule has 124 valence electrons. The number of hydrogen-bond acceptors (Lipinski definition) is 6. The fraction of sp³-hybridized carbons (Fsp3) is 0.200. The van der Waals surface area contributed by atoms with E-state index in [0.717, 1.165) is 0 Å². The fourth-order valence-electron chi connectivity index (χ4n) is 1.97. The summed E-state index contributed by atoms with van der Waals surface area (Å²) in [5.74, 6) is 0.527. The van der Waals surface area contributed by atoms with Crippen molar-refractivity contribution in [2.24, 2.45) is 0 Å². The van der Waals surface area contributed by atoms with Crippen LogP contribution in [0.3, 0.4) is 0 Å². The number of amides is 1. The normalized spacial score (nSPS) is 10.7. The van der Waals surface area contributed by atoms with E-state index in [4.69, 9.17) is 11.6 Å². The van der Waals surface area contributed by atoms with Crippen molar-refractivity contribution in [2.75, 3.05) is 11.1 Å². The Kier molecular flexibility index (Phi) is 5.84. The summed E-state index contributed by atoms with van der Waals surface area (Å²) < 4.78 is 1.74. The van der Waals surface area contributed by atoms with Crippen LogP contribution in [0.2, 0.25) is 5.02 Å². The zero-order valence-corrected chi connectivity index (χ0v) is 14.9. The maximum atomic E-state index is 12.0. The zero-order chi connectivity index (χ0) is 16.8. The van der Waals surface area contributed by atoms with E-state index < -0.39 is 0 Å². The Labute approximate surface area is 152 Å². The topological polar surface area (TPSA) is 72.7 Å². The zero-order valence-electron chi connectivity index (χ0n) is 12.6. The molecule has 0 saturated heterocycles. The maximum Gasteiger partial charge on any atom is 0.225 e. The van der Waals surface area contributed by atoms with Crippen molar-refractivity contribution < 1.29 is 4.79 Å². The minimum Gasteiger partial charge on any atom is -0.326 e. The molecule has 24 heavy (non-hydrogen) atoms. The van der Waals surface area contributed by atoms with Gasteiger partial charge < -0.3 is 5.32 Å². The van der Waals surface area contributed by atoms with Crippen LogP contribution >= 0.6 is 34.7 Å². The van der Waals surface area contributed by atoms with Crippen LogP contribution in [0.4, 0.5) is 5.69 Å². The van der Waals surface area contributed by atoms with Gasteiger partial charge in [0, 0.05) is 27.8 Å². The fourth-order valence-corrected chi connectivity index (χ4v) is 3.66. The molecule has 1 amide bonds. The van der Waals surface area contributed by atoms with E-state index in [1.165, 1.54) is 16.6 Å². The van der Waals surface area contributed by atoms with Crippen LogP contribution in [-0.4, -0.2) is 31.9 Å². The first kappa shape index (κ1) is 16.9. The second-order valence-electron chi connectivity index (χ2n) is 4.86. The summed E-state index contributed by atoms with van der Waals surface area (Å²) in [6.07, 6.45) is 0.364. The first-order valence-electron chi connectivity index (χ1n) is 7.17. The standard InChI is InChI=1S/C15H14ClN5OS2/c16-11-3-1-4-12(9-11)17-14(22)6-8-24-15-18-19-20-21(15)10-13-5-2-7-23-13/h1-5,7,9H,6,8,10H2,(H,17,22). The second-order valence-corrected chi connectivity index (χ2v) is 7.39. The summed E-state index contributed by atoms with van der Waals surface area (Å²) in [7, 11) is 0. The predicted molar refractivity (Wildman–Crippen MR) is 96.7 cm³/mol. The molecule has 0 aliphatic heterocycles. The van der Waals surface area contributed by atoms with Gasteiger partial charge in [0.1, 0.15) is 0 Å². The van der Waals surface area contributed by atoms with Gasteiger partial charge >= 0.3 is 0 Å². The molecule has 0 unspecified atom stereocenters. The quantitative estimate of drug-likeness (QED) is 0.635. The predicted octanol–water partition coefficient (Wildman–Crippen LogP) is 3.56. The second kappa shape index (κ2) is 8.27. The van der Waals surface area contributed by atoms with E-state index in [1.54, 1.807) is 40.3 Å². The van der Waals surface area contributed by atoms with Gasteiger partial charge in [0.05, 0.1) is 6.54 Å². The molecule has 0 aliphatic carbocycles. The third-order valence-corrected chi connectivity index (χ3v) is 5.11. The van der Waals surface area contributed by atoms with E-state index in [0.29, 0.717) is 34.6 Å². The van der Waals surface area contributed by atoms with Crippen LogP contribution in [0.25, 0.3) is 0 Å². The Hall–Kier alpha value is -1.90. The maximum absolute atomic E-state index is 12.0. The summed E-state index contributed by atoms with van der Waals surface area (Å²) in [5.41, 5.74) is 0.694. The molecule has 0 radical (unpaired) electrons. The number of thiophene rings is 1. The van der Waals surface area contributed by atoms with Gasteiger partial charge in [0.15, 0.2) is 0 Å². The summed E-state index contributed by atoms with van der Waals surface area (Å²) >= 11 is 9.02. The Balaban J connectivity index is 1.48. The summed E-state index contributed by atoms with van der Waals surface area (Å²) in [6.45, 7) is 0.641. The number of benzene rings is 1. The Bertz CT molecular complexity index is 806. The first-order valence-corrected chi connectivity index (χ1v) is 9.42. The van der Waals surface area contributed by atoms with Crippen molar-refractivity contribution in [3.63, 3.8) is 0 Å². The molecule has 3 rings (SSSR count). The average molecular weight is 380 g/mol. The van der Waals surface area contributed by atoms with Gasteiger partial charge in [-0.3, -0.25) is 4.79 Å². The lowest BCUT2D eigenvalue weighted by molar-refractivity contribution is -0.115. The molecule has 2 aromatic heterocycles. The van der Waals surface area contributed by atoms with Gasteiger partial charge in [-0.05, 0) is 40.1 Å². The lowest BCUT2D eigenvalue weighted by Crippen LogP contribution is -2.12. The molecule has 0 atom stereocenters. The Morgan fingerprint density at radius 2 is 2.25 bits per heavy atom. The molecule has 0 aliphatic rings. The molecule has 0 saturated carbocycles. The van der Waals surface area contributed by atoms with Crippen LogP contribution in [0, 0.1) is 0 Å². The molecular weight excluding hydrogens is 366 g/mol. The largest absolute Gasteiger partial charge is 0.326 e. The Morgan fingerprint density at radius 1 is 1.33 bits per heavy atom. The molecule has 0 fully saturated rings. The van der Waals surface area contributed by atoms with Crippen LogP contribution in [0.15, 0.2) is 46.9 Å². The van der Waals surface area contributed by atoms with E-state index >= 15 is 0 Å². The lowest BCUT2D eigenvalue weighted by Gasteiger charge is -2.05. The number of carbonyl (C=O) groups excluding carboxylic acids is 1. The van der Waals surface area contributed by atoms with Gasteiger partial charge in [-0.25, -0.2) is 4.68 Å². The van der Waals surface area contributed by atoms with Crippen molar-refractivity contribution in [3.8, 4) is 0 Å². The van der Waals surface area contributed by atoms with Gasteiger partial charge in [-0.1, -0.05) is 35.5 Å². The van der Waals surface area contributed by atoms with E-state index in [1.807, 2.05) is 17.5 Å². The molecule has 0 bridgehead atoms. The number of nitrogens with zero attached hydrogens (tertiary/aromatic N) is 4. The third-order valence-electron chi connectivity index (χ3n) is 3.05. The Morgan fingerprint density at radius 3 is 3.04 bits per heavy atom. The highest BCUT2D eigenvalue weighted by atomic mass is 35.5. The summed E-state index contributed by atoms with van der Waals surface area (Å²) in [5, 5.41) is 17.9. The van der Waals surface area contributed by atoms with E-state index in [-0.39, 0.29) is 5.91 Å².